The Morgan fingerprint density at radius 1 is 0.294 bits per heavy atom. The van der Waals surface area contributed by atoms with Gasteiger partial charge in [-0.1, -0.05) is 0 Å². The topological polar surface area (TPSA) is 27.7 Å². The van der Waals surface area contributed by atoms with Crippen LogP contribution in [0, 0.1) is 0 Å². The van der Waals surface area contributed by atoms with E-state index in [9.17, 15) is 0 Å². The average molecular weight is 642 g/mol. The van der Waals surface area contributed by atoms with Gasteiger partial charge in [0.1, 0.15) is 0 Å². The molecule has 0 amide bonds. The summed E-state index contributed by atoms with van der Waals surface area (Å²) in [7, 11) is -6.37. The Hall–Kier alpha value is 1.35. The van der Waals surface area contributed by atoms with E-state index in [1.54, 1.807) is 0 Å². The van der Waals surface area contributed by atoms with Gasteiger partial charge in [-0.2, -0.15) is 0 Å². The van der Waals surface area contributed by atoms with E-state index in [0.717, 1.165) is 0 Å². The molecule has 7 heteroatoms. The molecule has 0 atom stereocenters. The summed E-state index contributed by atoms with van der Waals surface area (Å²) in [6.07, 6.45) is 0. The molecule has 0 aliphatic carbocycles. The molecule has 0 radical (unpaired) electrons. The molecule has 0 N–H and O–H groups in total. The molecule has 0 aliphatic rings. The van der Waals surface area contributed by atoms with Crippen molar-refractivity contribution in [1.29, 1.82) is 0 Å². The third kappa shape index (κ3) is 7.05. The van der Waals surface area contributed by atoms with Gasteiger partial charge in [-0.05, 0) is 0 Å². The molecule has 0 rings (SSSR count). The maximum atomic E-state index is 7.58. The summed E-state index contributed by atoms with van der Waals surface area (Å²) in [6.45, 7) is 43.0. The van der Waals surface area contributed by atoms with Crippen LogP contribution in [0.4, 0.5) is 0 Å². The van der Waals surface area contributed by atoms with Crippen LogP contribution >= 0.6 is 0 Å². The predicted octanol–water partition coefficient (Wildman–Crippen LogP) is 10.5. The summed E-state index contributed by atoms with van der Waals surface area (Å²) in [6, 6.07) is 0. The Bertz CT molecular complexity index is 444. The van der Waals surface area contributed by atoms with Gasteiger partial charge < -0.3 is 0 Å². The minimum atomic E-state index is -3.03. The normalized spacial score (nSPS) is 14.8. The van der Waals surface area contributed by atoms with Gasteiger partial charge in [0, 0.05) is 0 Å². The van der Waals surface area contributed by atoms with Crippen LogP contribution in [-0.2, 0) is 8.11 Å². The van der Waals surface area contributed by atoms with Crippen molar-refractivity contribution in [2.75, 3.05) is 0 Å². The van der Waals surface area contributed by atoms with E-state index in [1.807, 2.05) is 0 Å². The third-order valence-electron chi connectivity index (χ3n) is 8.82. The van der Waals surface area contributed by atoms with Gasteiger partial charge in [-0.15, -0.1) is 0 Å². The Morgan fingerprint density at radius 2 is 0.412 bits per heavy atom. The van der Waals surface area contributed by atoms with Crippen LogP contribution in [0.5, 0.6) is 0 Å². The van der Waals surface area contributed by atoms with Crippen molar-refractivity contribution in [3.8, 4) is 0 Å². The second kappa shape index (κ2) is 13.9. The van der Waals surface area contributed by atoms with Crippen molar-refractivity contribution in [2.24, 2.45) is 0 Å². The first-order chi connectivity index (χ1) is 15.3. The molecule has 0 saturated heterocycles. The van der Waals surface area contributed by atoms with Crippen LogP contribution in [-0.4, -0.2) is 46.4 Å². The molecule has 0 saturated carbocycles. The first kappa shape index (κ1) is 35.3. The van der Waals surface area contributed by atoms with Crippen molar-refractivity contribution < 1.29 is 8.11 Å². The summed E-state index contributed by atoms with van der Waals surface area (Å²) in [5.74, 6) is 0. The van der Waals surface area contributed by atoms with Crippen LogP contribution in [0.15, 0.2) is 0 Å². The van der Waals surface area contributed by atoms with Gasteiger partial charge in [-0.3, -0.25) is 0 Å². The molecule has 0 aromatic carbocycles. The Balaban J connectivity index is 7.02. The molecule has 206 valence electrons. The zero-order valence-electron chi connectivity index (χ0n) is 26.4. The van der Waals surface area contributed by atoms with Crippen LogP contribution in [0.25, 0.3) is 0 Å². The van der Waals surface area contributed by atoms with E-state index in [4.69, 9.17) is 8.11 Å². The monoisotopic (exact) mass is 640 g/mol. The fraction of sp³-hybridized carbons (Fsp3) is 1.00. The molecular weight excluding hydrogens is 578 g/mol. The molecule has 0 heterocycles. The molecule has 0 fully saturated rings. The van der Waals surface area contributed by atoms with E-state index < -0.39 is 46.4 Å². The first-order valence-electron chi connectivity index (χ1n) is 14.2. The summed E-state index contributed by atoms with van der Waals surface area (Å²) in [4.78, 5) is 0. The maximum absolute atomic E-state index is 7.58. The van der Waals surface area contributed by atoms with E-state index in [1.165, 1.54) is 0 Å². The van der Waals surface area contributed by atoms with Gasteiger partial charge in [-0.25, -0.2) is 0 Å². The second-order valence-electron chi connectivity index (χ2n) is 13.5. The zero-order valence-corrected chi connectivity index (χ0v) is 31.9. The number of rotatable bonds is 15. The molecule has 0 aromatic rings. The summed E-state index contributed by atoms with van der Waals surface area (Å²) < 4.78 is 22.7. The molecule has 34 heavy (non-hydrogen) atoms. The summed E-state index contributed by atoms with van der Waals surface area (Å²) in [5, 5.41) is 0. The van der Waals surface area contributed by atoms with E-state index in [0.29, 0.717) is 49.9 Å². The molecule has 3 nitrogen and oxygen atoms in total. The van der Waals surface area contributed by atoms with Crippen molar-refractivity contribution in [3.63, 3.8) is 0 Å². The van der Waals surface area contributed by atoms with E-state index in [2.05, 4.69) is 125 Å². The van der Waals surface area contributed by atoms with Crippen molar-refractivity contribution >= 4 is 46.4 Å². The molecule has 0 spiro atoms. The van der Waals surface area contributed by atoms with Gasteiger partial charge >= 0.3 is 229 Å². The Kier molecular flexibility index (Phi) is 14.5. The molecule has 0 aliphatic heterocycles. The predicted molar refractivity (Wildman–Crippen MR) is 162 cm³/mol. The van der Waals surface area contributed by atoms with E-state index in [-0.39, 0.29) is 0 Å². The van der Waals surface area contributed by atoms with E-state index >= 15 is 0 Å². The van der Waals surface area contributed by atoms with Crippen LogP contribution in [0.3, 0.4) is 0 Å². The van der Waals surface area contributed by atoms with Crippen LogP contribution < -0.4 is 0 Å². The van der Waals surface area contributed by atoms with Gasteiger partial charge in [0.2, 0.25) is 0 Å². The van der Waals surface area contributed by atoms with Crippen molar-refractivity contribution in [3.05, 3.63) is 0 Å². The quantitative estimate of drug-likeness (QED) is 0.167. The summed E-state index contributed by atoms with van der Waals surface area (Å²) >= 11 is -3.03. The molecule has 0 aromatic heterocycles. The first-order valence-corrected chi connectivity index (χ1v) is 23.7. The summed E-state index contributed by atoms with van der Waals surface area (Å²) in [5.41, 5.74) is 4.82. The van der Waals surface area contributed by atoms with Crippen LogP contribution in [0.2, 0.25) is 49.9 Å². The van der Waals surface area contributed by atoms with Gasteiger partial charge in [0.25, 0.3) is 0 Å². The Morgan fingerprint density at radius 3 is 0.500 bits per heavy atom. The average Bonchev–Trinajstić information content (AvgIpc) is 2.64. The fourth-order valence-electron chi connectivity index (χ4n) is 7.39. The molecule has 0 unspecified atom stereocenters. The SMILES string of the molecule is CC(C)[Si]([O][Sb]([O][Si](C(C)C)(C(C)C)C(C)C)[O][Si](C(C)C)(C(C)C)C(C)C)(C(C)C)C(C)C. The third-order valence-corrected chi connectivity index (χ3v) is 38.4. The van der Waals surface area contributed by atoms with Gasteiger partial charge in [0.15, 0.2) is 0 Å². The second-order valence-corrected chi connectivity index (χ2v) is 35.5. The number of hydrogen-bond acceptors (Lipinski definition) is 3. The molecule has 0 bridgehead atoms. The van der Waals surface area contributed by atoms with Crippen molar-refractivity contribution in [2.45, 2.75) is 174 Å². The zero-order chi connectivity index (χ0) is 27.4. The Labute approximate surface area is 227 Å². The fourth-order valence-corrected chi connectivity index (χ4v) is 48.3. The molecular formula is C27H63O3SbSi3. The minimum absolute atomic E-state index is 0.535. The van der Waals surface area contributed by atoms with Crippen molar-refractivity contribution in [1.82, 2.24) is 0 Å². The standard InChI is InChI=1S/3C9H21OSi.Sb/c3*1-7(2)11(10,8(3)4)9(5)6;/h3*7-9H,1-6H3;/q3*-1;+3. The number of hydrogen-bond donors (Lipinski definition) is 0. The van der Waals surface area contributed by atoms with Gasteiger partial charge in [0.05, 0.1) is 0 Å². The van der Waals surface area contributed by atoms with Crippen LogP contribution in [0.1, 0.15) is 125 Å².